The second-order valence-corrected chi connectivity index (χ2v) is 4.96. The fraction of sp³-hybridized carbons (Fsp3) is 0.667. The number of nitrogens with zero attached hydrogens (tertiary/aromatic N) is 3. The molecule has 4 nitrogen and oxygen atoms in total. The number of piperidine rings is 1. The van der Waals surface area contributed by atoms with Gasteiger partial charge in [-0.15, -0.1) is 5.10 Å². The van der Waals surface area contributed by atoms with E-state index >= 15 is 0 Å². The lowest BCUT2D eigenvalue weighted by molar-refractivity contribution is 0.0680. The van der Waals surface area contributed by atoms with Crippen molar-refractivity contribution in [2.24, 2.45) is 5.92 Å². The summed E-state index contributed by atoms with van der Waals surface area (Å²) in [6, 6.07) is 0. The number of hydrogen-bond donors (Lipinski definition) is 0. The van der Waals surface area contributed by atoms with Crippen LogP contribution < -0.4 is 0 Å². The number of alkyl halides is 1. The lowest BCUT2D eigenvalue weighted by Crippen LogP contribution is -2.40. The first-order valence-electron chi connectivity index (χ1n) is 4.93. The number of likely N-dealkylation sites (tertiary alicyclic amines) is 1. The van der Waals surface area contributed by atoms with Gasteiger partial charge in [-0.1, -0.05) is 20.4 Å². The summed E-state index contributed by atoms with van der Waals surface area (Å²) in [4.78, 5) is 13.8. The zero-order chi connectivity index (χ0) is 10.7. The number of carbonyl (C=O) groups is 1. The van der Waals surface area contributed by atoms with E-state index in [2.05, 4.69) is 25.5 Å². The van der Waals surface area contributed by atoms with E-state index < -0.39 is 0 Å². The third kappa shape index (κ3) is 2.55. The molecule has 2 heterocycles. The van der Waals surface area contributed by atoms with E-state index in [9.17, 15) is 4.79 Å². The van der Waals surface area contributed by atoms with Crippen LogP contribution in [0.1, 0.15) is 23.3 Å². The number of aromatic nitrogens is 2. The van der Waals surface area contributed by atoms with Gasteiger partial charge in [0.2, 0.25) is 0 Å². The average molecular weight is 290 g/mol. The minimum Gasteiger partial charge on any atom is -0.337 e. The number of rotatable bonds is 2. The Morgan fingerprint density at radius 1 is 1.73 bits per heavy atom. The first-order valence-corrected chi connectivity index (χ1v) is 6.89. The molecule has 0 saturated carbocycles. The quantitative estimate of drug-likeness (QED) is 0.780. The molecule has 82 valence electrons. The summed E-state index contributed by atoms with van der Waals surface area (Å²) < 4.78 is 3.71. The maximum Gasteiger partial charge on any atom is 0.275 e. The molecule has 1 aliphatic rings. The van der Waals surface area contributed by atoms with Crippen LogP contribution in [0.15, 0.2) is 5.38 Å². The van der Waals surface area contributed by atoms with Gasteiger partial charge in [0.1, 0.15) is 0 Å². The van der Waals surface area contributed by atoms with Crippen LogP contribution in [0.3, 0.4) is 0 Å². The first-order chi connectivity index (χ1) is 7.31. The number of hydrogen-bond acceptors (Lipinski definition) is 4. The van der Waals surface area contributed by atoms with E-state index in [1.54, 1.807) is 5.38 Å². The third-order valence-corrected chi connectivity index (χ3v) is 4.02. The molecule has 1 aliphatic heterocycles. The van der Waals surface area contributed by atoms with Crippen LogP contribution in [-0.4, -0.2) is 38.8 Å². The molecular formula is C9H12BrN3OS. The molecule has 1 atom stereocenters. The van der Waals surface area contributed by atoms with Crippen molar-refractivity contribution in [3.05, 3.63) is 11.1 Å². The predicted octanol–water partition coefficient (Wildman–Crippen LogP) is 1.79. The minimum atomic E-state index is 0.0226. The smallest absolute Gasteiger partial charge is 0.275 e. The Balaban J connectivity index is 2.01. The van der Waals surface area contributed by atoms with E-state index in [-0.39, 0.29) is 5.91 Å². The Labute approximate surface area is 101 Å². The first kappa shape index (κ1) is 11.0. The van der Waals surface area contributed by atoms with Gasteiger partial charge in [-0.2, -0.15) is 0 Å². The van der Waals surface area contributed by atoms with Crippen molar-refractivity contribution >= 4 is 33.4 Å². The second kappa shape index (κ2) is 5.03. The minimum absolute atomic E-state index is 0.0226. The Morgan fingerprint density at radius 2 is 2.60 bits per heavy atom. The van der Waals surface area contributed by atoms with Gasteiger partial charge in [0.25, 0.3) is 5.91 Å². The zero-order valence-corrected chi connectivity index (χ0v) is 10.6. The molecule has 0 radical (unpaired) electrons. The maximum atomic E-state index is 11.9. The van der Waals surface area contributed by atoms with Gasteiger partial charge in [-0.05, 0) is 30.3 Å². The molecule has 0 spiro atoms. The van der Waals surface area contributed by atoms with Gasteiger partial charge in [-0.25, -0.2) is 0 Å². The number of halogens is 1. The fourth-order valence-electron chi connectivity index (χ4n) is 1.80. The van der Waals surface area contributed by atoms with E-state index in [1.807, 2.05) is 4.90 Å². The summed E-state index contributed by atoms with van der Waals surface area (Å²) in [6.45, 7) is 1.68. The molecule has 1 aromatic heterocycles. The maximum absolute atomic E-state index is 11.9. The van der Waals surface area contributed by atoms with Crippen molar-refractivity contribution in [3.8, 4) is 0 Å². The Hall–Kier alpha value is -0.490. The standard InChI is InChI=1S/C9H12BrN3OS/c10-4-7-2-1-3-13(5-7)9(14)8-6-15-12-11-8/h6-7H,1-5H2. The molecule has 1 fully saturated rings. The molecule has 1 aromatic rings. The third-order valence-electron chi connectivity index (χ3n) is 2.60. The summed E-state index contributed by atoms with van der Waals surface area (Å²) in [5.41, 5.74) is 0.482. The highest BCUT2D eigenvalue weighted by atomic mass is 79.9. The Kier molecular flexibility index (Phi) is 3.69. The zero-order valence-electron chi connectivity index (χ0n) is 8.23. The van der Waals surface area contributed by atoms with Crippen LogP contribution in [-0.2, 0) is 0 Å². The molecule has 0 bridgehead atoms. The molecule has 1 saturated heterocycles. The second-order valence-electron chi connectivity index (χ2n) is 3.70. The lowest BCUT2D eigenvalue weighted by Gasteiger charge is -2.31. The Bertz CT molecular complexity index is 330. The summed E-state index contributed by atoms with van der Waals surface area (Å²) in [5, 5.41) is 6.48. The van der Waals surface area contributed by atoms with Crippen LogP contribution in [0.25, 0.3) is 0 Å². The normalized spacial score (nSPS) is 21.7. The summed E-state index contributed by atoms with van der Waals surface area (Å²) in [6.07, 6.45) is 2.28. The average Bonchev–Trinajstić information content (AvgIpc) is 2.81. The molecule has 2 rings (SSSR count). The molecule has 6 heteroatoms. The SMILES string of the molecule is O=C(c1csnn1)N1CCCC(CBr)C1. The largest absolute Gasteiger partial charge is 0.337 e. The van der Waals surface area contributed by atoms with Gasteiger partial charge in [0, 0.05) is 23.8 Å². The van der Waals surface area contributed by atoms with Gasteiger partial charge in [0.05, 0.1) is 0 Å². The topological polar surface area (TPSA) is 46.1 Å². The predicted molar refractivity (Wildman–Crippen MR) is 62.3 cm³/mol. The summed E-state index contributed by atoms with van der Waals surface area (Å²) >= 11 is 4.69. The molecule has 1 amide bonds. The fourth-order valence-corrected chi connectivity index (χ4v) is 2.75. The van der Waals surface area contributed by atoms with Crippen LogP contribution in [0.5, 0.6) is 0 Å². The summed E-state index contributed by atoms with van der Waals surface area (Å²) in [7, 11) is 0. The summed E-state index contributed by atoms with van der Waals surface area (Å²) in [5.74, 6) is 0.601. The van der Waals surface area contributed by atoms with Gasteiger partial charge < -0.3 is 4.90 Å². The number of carbonyl (C=O) groups excluding carboxylic acids is 1. The highest BCUT2D eigenvalue weighted by Gasteiger charge is 2.24. The molecule has 0 N–H and O–H groups in total. The van der Waals surface area contributed by atoms with Gasteiger partial charge in [-0.3, -0.25) is 4.79 Å². The van der Waals surface area contributed by atoms with Crippen molar-refractivity contribution in [3.63, 3.8) is 0 Å². The van der Waals surface area contributed by atoms with Crippen LogP contribution in [0, 0.1) is 5.92 Å². The Morgan fingerprint density at radius 3 is 3.27 bits per heavy atom. The van der Waals surface area contributed by atoms with E-state index in [0.717, 1.165) is 24.8 Å². The van der Waals surface area contributed by atoms with Crippen molar-refractivity contribution in [1.29, 1.82) is 0 Å². The van der Waals surface area contributed by atoms with E-state index in [1.165, 1.54) is 18.0 Å². The van der Waals surface area contributed by atoms with Gasteiger partial charge in [0.15, 0.2) is 5.69 Å². The van der Waals surface area contributed by atoms with Crippen LogP contribution in [0.2, 0.25) is 0 Å². The van der Waals surface area contributed by atoms with Crippen LogP contribution >= 0.6 is 27.5 Å². The molecule has 1 unspecified atom stereocenters. The molecule has 15 heavy (non-hydrogen) atoms. The lowest BCUT2D eigenvalue weighted by atomic mass is 10.00. The van der Waals surface area contributed by atoms with Crippen molar-refractivity contribution in [2.75, 3.05) is 18.4 Å². The molecular weight excluding hydrogens is 278 g/mol. The van der Waals surface area contributed by atoms with Crippen LogP contribution in [0.4, 0.5) is 0 Å². The molecule has 0 aliphatic carbocycles. The van der Waals surface area contributed by atoms with E-state index in [4.69, 9.17) is 0 Å². The van der Waals surface area contributed by atoms with Crippen molar-refractivity contribution in [2.45, 2.75) is 12.8 Å². The van der Waals surface area contributed by atoms with Crippen molar-refractivity contribution in [1.82, 2.24) is 14.5 Å². The molecule has 0 aromatic carbocycles. The van der Waals surface area contributed by atoms with Gasteiger partial charge >= 0.3 is 0 Å². The highest BCUT2D eigenvalue weighted by molar-refractivity contribution is 9.09. The highest BCUT2D eigenvalue weighted by Crippen LogP contribution is 2.19. The number of amides is 1. The van der Waals surface area contributed by atoms with Crippen molar-refractivity contribution < 1.29 is 4.79 Å². The monoisotopic (exact) mass is 289 g/mol. The van der Waals surface area contributed by atoms with E-state index in [0.29, 0.717) is 11.6 Å².